The molecule has 9 atom stereocenters. The number of aliphatic hydroxyl groups excluding tert-OH is 2. The Morgan fingerprint density at radius 1 is 0.912 bits per heavy atom. The molecule has 1 amide bonds. The zero-order valence-corrected chi connectivity index (χ0v) is 34.5. The lowest BCUT2D eigenvalue weighted by Gasteiger charge is -2.38. The van der Waals surface area contributed by atoms with Gasteiger partial charge in [-0.25, -0.2) is 0 Å². The summed E-state index contributed by atoms with van der Waals surface area (Å²) in [5.74, 6) is -7.46. The van der Waals surface area contributed by atoms with Gasteiger partial charge in [-0.15, -0.1) is 0 Å². The van der Waals surface area contributed by atoms with Gasteiger partial charge in [0.05, 0.1) is 35.5 Å². The average molecular weight is 795 g/mol. The van der Waals surface area contributed by atoms with E-state index >= 15 is 0 Å². The molecule has 312 valence electrons. The van der Waals surface area contributed by atoms with E-state index in [2.05, 4.69) is 12.2 Å². The smallest absolute Gasteiger partial charge is 0.312 e. The quantitative estimate of drug-likeness (QED) is 0.120. The summed E-state index contributed by atoms with van der Waals surface area (Å²) < 4.78 is 23.7. The number of rotatable bonds is 3. The molecule has 14 heteroatoms. The van der Waals surface area contributed by atoms with Gasteiger partial charge in [-0.05, 0) is 38.7 Å². The van der Waals surface area contributed by atoms with Gasteiger partial charge < -0.3 is 54.7 Å². The van der Waals surface area contributed by atoms with Crippen LogP contribution >= 0.6 is 0 Å². The van der Waals surface area contributed by atoms with E-state index in [0.717, 1.165) is 12.8 Å². The number of amides is 1. The number of carbonyl (C=O) groups is 3. The molecule has 0 aromatic heterocycles. The van der Waals surface area contributed by atoms with Crippen molar-refractivity contribution in [2.24, 2.45) is 29.6 Å². The van der Waals surface area contributed by atoms with Gasteiger partial charge in [0.1, 0.15) is 34.7 Å². The third kappa shape index (κ3) is 8.17. The number of allylic oxidation sites excluding steroid dienone is 2. The van der Waals surface area contributed by atoms with Crippen LogP contribution < -0.4 is 15.0 Å². The standard InChI is InChI=1S/C43H58N2O12/c1-20-14-17-45(18-15-20)33-32-37(50)30-29(38(33)51)31-40(26(7)36(30)49)57-43(9,41(31)52)55-19-16-28(54-10)23(4)39(56-27(8)46)25(6)35(48)24(5)34(47)21(2)12-11-13-22(3)42(53)44-32/h11-13,16,19-21,23-25,28,34-35,39,47-51H,14-15,17-18H2,1-10H3,(H,44,53)/b12-11-,19-16?,22-13-/t21-,23+,24+,25+,28-,34-,35+,39+,43-/m0/s1. The Hall–Kier alpha value is -4.79. The minimum absolute atomic E-state index is 0.0541. The molecule has 1 saturated heterocycles. The van der Waals surface area contributed by atoms with Crippen LogP contribution in [0.25, 0.3) is 10.8 Å². The highest BCUT2D eigenvalue weighted by Crippen LogP contribution is 2.58. The molecule has 5 bridgehead atoms. The normalized spacial score (nSPS) is 32.1. The fourth-order valence-corrected chi connectivity index (χ4v) is 8.25. The molecule has 0 radical (unpaired) electrons. The molecule has 4 aliphatic heterocycles. The van der Waals surface area contributed by atoms with Crippen molar-refractivity contribution in [3.05, 3.63) is 47.3 Å². The first-order valence-electron chi connectivity index (χ1n) is 19.6. The van der Waals surface area contributed by atoms with Gasteiger partial charge >= 0.3 is 11.8 Å². The van der Waals surface area contributed by atoms with Crippen molar-refractivity contribution in [3.8, 4) is 23.0 Å². The maximum atomic E-state index is 14.4. The third-order valence-corrected chi connectivity index (χ3v) is 12.1. The maximum absolute atomic E-state index is 14.4. The van der Waals surface area contributed by atoms with Crippen molar-refractivity contribution >= 4 is 39.8 Å². The number of nitrogens with one attached hydrogen (secondary N) is 1. The number of carbonyl (C=O) groups excluding carboxylic acids is 3. The molecule has 2 aromatic rings. The molecule has 1 fully saturated rings. The molecule has 4 aliphatic rings. The molecule has 57 heavy (non-hydrogen) atoms. The summed E-state index contributed by atoms with van der Waals surface area (Å²) in [6.07, 6.45) is 5.26. The number of ether oxygens (including phenoxy) is 4. The molecule has 0 aliphatic carbocycles. The van der Waals surface area contributed by atoms with Crippen molar-refractivity contribution < 1.29 is 58.9 Å². The summed E-state index contributed by atoms with van der Waals surface area (Å²) in [6.45, 7) is 15.7. The van der Waals surface area contributed by atoms with Gasteiger partial charge in [0.2, 0.25) is 0 Å². The predicted molar refractivity (Wildman–Crippen MR) is 214 cm³/mol. The number of phenols is 3. The van der Waals surface area contributed by atoms with Gasteiger partial charge in [-0.1, -0.05) is 52.8 Å². The fraction of sp³-hybridized carbons (Fsp3) is 0.558. The first kappa shape index (κ1) is 43.3. The maximum Gasteiger partial charge on any atom is 0.312 e. The Kier molecular flexibility index (Phi) is 12.9. The second-order valence-electron chi connectivity index (χ2n) is 16.2. The van der Waals surface area contributed by atoms with E-state index in [1.54, 1.807) is 46.8 Å². The van der Waals surface area contributed by atoms with Gasteiger partial charge in [0.25, 0.3) is 11.7 Å². The van der Waals surface area contributed by atoms with Crippen LogP contribution in [0.4, 0.5) is 11.4 Å². The van der Waals surface area contributed by atoms with Crippen LogP contribution in [0.15, 0.2) is 36.1 Å². The zero-order chi connectivity index (χ0) is 42.3. The summed E-state index contributed by atoms with van der Waals surface area (Å²) in [4.78, 5) is 42.4. The number of methoxy groups -OCH3 is 1. The van der Waals surface area contributed by atoms with E-state index in [-0.39, 0.29) is 44.6 Å². The summed E-state index contributed by atoms with van der Waals surface area (Å²) >= 11 is 0. The lowest BCUT2D eigenvalue weighted by Crippen LogP contribution is -2.46. The number of hydrogen-bond donors (Lipinski definition) is 6. The van der Waals surface area contributed by atoms with Crippen molar-refractivity contribution in [1.29, 1.82) is 0 Å². The summed E-state index contributed by atoms with van der Waals surface area (Å²) in [7, 11) is 1.45. The molecule has 0 saturated carbocycles. The highest BCUT2D eigenvalue weighted by molar-refractivity contribution is 6.23. The molecule has 0 spiro atoms. The molecule has 6 N–H and O–H groups in total. The monoisotopic (exact) mass is 794 g/mol. The van der Waals surface area contributed by atoms with Gasteiger partial charge in [0.15, 0.2) is 5.75 Å². The topological polar surface area (TPSA) is 205 Å². The number of benzene rings is 2. The van der Waals surface area contributed by atoms with Gasteiger partial charge in [-0.3, -0.25) is 14.4 Å². The number of phenolic OH excluding ortho intramolecular Hbond substituents is 3. The lowest BCUT2D eigenvalue weighted by molar-refractivity contribution is -0.160. The van der Waals surface area contributed by atoms with Crippen molar-refractivity contribution in [2.75, 3.05) is 30.4 Å². The van der Waals surface area contributed by atoms with Gasteiger partial charge in [0, 0.05) is 74.2 Å². The molecule has 4 heterocycles. The van der Waals surface area contributed by atoms with Crippen LogP contribution in [0.1, 0.15) is 84.2 Å². The van der Waals surface area contributed by atoms with Crippen LogP contribution in [-0.4, -0.2) is 93.6 Å². The Balaban J connectivity index is 1.72. The highest BCUT2D eigenvalue weighted by atomic mass is 16.7. The number of anilines is 2. The lowest BCUT2D eigenvalue weighted by atomic mass is 9.78. The number of piperidine rings is 1. The van der Waals surface area contributed by atoms with E-state index in [9.17, 15) is 39.9 Å². The number of esters is 1. The number of aliphatic hydroxyl groups is 2. The summed E-state index contributed by atoms with van der Waals surface area (Å²) in [6, 6.07) is 0. The number of Topliss-reactive ketones (excluding diaryl/α,β-unsaturated/α-hetero) is 1. The second kappa shape index (κ2) is 17.0. The van der Waals surface area contributed by atoms with E-state index in [0.29, 0.717) is 19.0 Å². The Morgan fingerprint density at radius 3 is 2.18 bits per heavy atom. The second-order valence-corrected chi connectivity index (χ2v) is 16.2. The van der Waals surface area contributed by atoms with Gasteiger partial charge in [-0.2, -0.15) is 0 Å². The minimum atomic E-state index is -2.01. The van der Waals surface area contributed by atoms with Crippen LogP contribution in [0.3, 0.4) is 0 Å². The largest absolute Gasteiger partial charge is 0.507 e. The van der Waals surface area contributed by atoms with Crippen molar-refractivity contribution in [2.45, 2.75) is 105 Å². The SMILES string of the molecule is CO[C@H]1C=CO[C@@]2(C)Oc3c(C)c(O)c4c(O)c(c(N5CCC(C)CC5)c(O)c4c3C2=O)NC(=O)/C(C)=C\C=C/[C@H](C)[C@H](O)[C@@H](C)[C@@H](O)[C@@H](C)[C@H](OC(C)=O)[C@@H]1C. The zero-order valence-electron chi connectivity index (χ0n) is 34.5. The Morgan fingerprint density at radius 2 is 1.56 bits per heavy atom. The van der Waals surface area contributed by atoms with E-state index < -0.39 is 88.8 Å². The Bertz CT molecular complexity index is 1980. The van der Waals surface area contributed by atoms with Crippen molar-refractivity contribution in [3.63, 3.8) is 0 Å². The first-order chi connectivity index (χ1) is 26.7. The van der Waals surface area contributed by atoms with Crippen LogP contribution in [0.2, 0.25) is 0 Å². The molecule has 14 nitrogen and oxygen atoms in total. The number of fused-ring (bicyclic) bond motifs is 14. The molecule has 0 unspecified atom stereocenters. The predicted octanol–water partition coefficient (Wildman–Crippen LogP) is 5.99. The molecule has 2 aromatic carbocycles. The molecule has 6 rings (SSSR count). The average Bonchev–Trinajstić information content (AvgIpc) is 3.43. The van der Waals surface area contributed by atoms with E-state index in [4.69, 9.17) is 18.9 Å². The van der Waals surface area contributed by atoms with Crippen LogP contribution in [-0.2, 0) is 23.8 Å². The number of hydrogen-bond acceptors (Lipinski definition) is 13. The minimum Gasteiger partial charge on any atom is -0.507 e. The highest BCUT2D eigenvalue weighted by Gasteiger charge is 2.50. The third-order valence-electron chi connectivity index (χ3n) is 12.1. The number of aromatic hydroxyl groups is 3. The number of ketones is 1. The Labute approximate surface area is 333 Å². The van der Waals surface area contributed by atoms with E-state index in [1.807, 2.05) is 4.90 Å². The van der Waals surface area contributed by atoms with E-state index in [1.165, 1.54) is 46.3 Å². The van der Waals surface area contributed by atoms with Crippen molar-refractivity contribution in [1.82, 2.24) is 0 Å². The number of nitrogens with zero attached hydrogens (tertiary/aromatic N) is 1. The van der Waals surface area contributed by atoms with Crippen LogP contribution in [0.5, 0.6) is 23.0 Å². The summed E-state index contributed by atoms with van der Waals surface area (Å²) in [5.41, 5.74) is 0.130. The molecular weight excluding hydrogens is 736 g/mol. The molecular formula is C43H58N2O12. The fourth-order valence-electron chi connectivity index (χ4n) is 8.25. The first-order valence-corrected chi connectivity index (χ1v) is 19.6. The summed E-state index contributed by atoms with van der Waals surface area (Å²) in [5, 5.41) is 61.0. The van der Waals surface area contributed by atoms with Crippen LogP contribution in [0, 0.1) is 36.5 Å².